The van der Waals surface area contributed by atoms with Crippen LogP contribution in [0, 0.1) is 27.7 Å². The van der Waals surface area contributed by atoms with Gasteiger partial charge >= 0.3 is 0 Å². The number of amides is 2. The van der Waals surface area contributed by atoms with Crippen molar-refractivity contribution in [2.45, 2.75) is 27.7 Å². The van der Waals surface area contributed by atoms with E-state index in [0.717, 1.165) is 43.1 Å². The number of benzene rings is 2. The van der Waals surface area contributed by atoms with E-state index in [1.807, 2.05) is 50.2 Å². The number of hydrogen-bond donors (Lipinski definition) is 4. The molecular weight excluding hydrogens is 376 g/mol. The molecule has 1 saturated heterocycles. The predicted octanol–water partition coefficient (Wildman–Crippen LogP) is 0.281. The number of aryl methyl sites for hydroxylation is 3. The Hall–Kier alpha value is -2.70. The van der Waals surface area contributed by atoms with Gasteiger partial charge in [0.1, 0.15) is 26.2 Å². The quantitative estimate of drug-likeness (QED) is 0.553. The van der Waals surface area contributed by atoms with E-state index in [2.05, 4.69) is 24.5 Å². The fourth-order valence-electron chi connectivity index (χ4n) is 3.87. The fraction of sp³-hybridized carbons (Fsp3) is 0.417. The summed E-state index contributed by atoms with van der Waals surface area (Å²) in [4.78, 5) is 27.4. The van der Waals surface area contributed by atoms with Crippen molar-refractivity contribution in [3.63, 3.8) is 0 Å². The van der Waals surface area contributed by atoms with Crippen molar-refractivity contribution in [3.8, 4) is 0 Å². The highest BCUT2D eigenvalue weighted by atomic mass is 16.2. The molecule has 0 unspecified atom stereocenters. The lowest BCUT2D eigenvalue weighted by molar-refractivity contribution is -1.00. The van der Waals surface area contributed by atoms with E-state index in [-0.39, 0.29) is 11.8 Å². The lowest BCUT2D eigenvalue weighted by Crippen LogP contribution is -3.28. The van der Waals surface area contributed by atoms with Gasteiger partial charge in [-0.05, 0) is 68.1 Å². The Labute approximate surface area is 179 Å². The van der Waals surface area contributed by atoms with Gasteiger partial charge in [0.15, 0.2) is 13.1 Å². The Morgan fingerprint density at radius 3 is 1.97 bits per heavy atom. The van der Waals surface area contributed by atoms with Crippen molar-refractivity contribution < 1.29 is 19.4 Å². The van der Waals surface area contributed by atoms with E-state index in [0.29, 0.717) is 13.1 Å². The van der Waals surface area contributed by atoms with Gasteiger partial charge in [0.25, 0.3) is 11.8 Å². The molecule has 0 atom stereocenters. The predicted molar refractivity (Wildman–Crippen MR) is 120 cm³/mol. The molecule has 0 spiro atoms. The maximum Gasteiger partial charge on any atom is 0.279 e. The molecule has 0 radical (unpaired) electrons. The zero-order valence-corrected chi connectivity index (χ0v) is 18.5. The molecule has 6 heteroatoms. The Morgan fingerprint density at radius 1 is 0.767 bits per heavy atom. The summed E-state index contributed by atoms with van der Waals surface area (Å²) in [5.74, 6) is 0.0963. The molecule has 1 fully saturated rings. The second-order valence-electron chi connectivity index (χ2n) is 8.50. The molecular formula is C24H34N4O2+2. The van der Waals surface area contributed by atoms with E-state index < -0.39 is 0 Å². The molecule has 0 saturated carbocycles. The first-order valence-electron chi connectivity index (χ1n) is 10.7. The smallest absolute Gasteiger partial charge is 0.279 e. The number of rotatable bonds is 6. The van der Waals surface area contributed by atoms with Gasteiger partial charge in [0.05, 0.1) is 0 Å². The Kier molecular flexibility index (Phi) is 7.24. The Morgan fingerprint density at radius 2 is 1.37 bits per heavy atom. The highest BCUT2D eigenvalue weighted by Gasteiger charge is 2.26. The number of piperazine rings is 1. The summed E-state index contributed by atoms with van der Waals surface area (Å²) in [6, 6.07) is 12.0. The molecule has 0 aromatic heterocycles. The second kappa shape index (κ2) is 9.87. The third-order valence-corrected chi connectivity index (χ3v) is 6.15. The van der Waals surface area contributed by atoms with Crippen LogP contribution < -0.4 is 20.4 Å². The molecule has 0 aliphatic carbocycles. The van der Waals surface area contributed by atoms with Gasteiger partial charge in [-0.2, -0.15) is 0 Å². The van der Waals surface area contributed by atoms with Gasteiger partial charge in [-0.25, -0.2) is 0 Å². The second-order valence-corrected chi connectivity index (χ2v) is 8.50. The van der Waals surface area contributed by atoms with Crippen molar-refractivity contribution in [1.29, 1.82) is 0 Å². The molecule has 6 nitrogen and oxygen atoms in total. The summed E-state index contributed by atoms with van der Waals surface area (Å²) in [5.41, 5.74) is 6.44. The average Bonchev–Trinajstić information content (AvgIpc) is 2.70. The summed E-state index contributed by atoms with van der Waals surface area (Å²) in [7, 11) is 0. The van der Waals surface area contributed by atoms with E-state index in [1.165, 1.54) is 26.5 Å². The van der Waals surface area contributed by atoms with Crippen LogP contribution in [0.15, 0.2) is 36.4 Å². The molecule has 0 bridgehead atoms. The summed E-state index contributed by atoms with van der Waals surface area (Å²) in [6.07, 6.45) is 0. The SMILES string of the molecule is Cc1ccc(NC(=O)C[NH+]2CC[NH+](CC(=O)Nc3cccc(C)c3C)CC2)cc1C. The van der Waals surface area contributed by atoms with E-state index >= 15 is 0 Å². The summed E-state index contributed by atoms with van der Waals surface area (Å²) in [5, 5.41) is 6.05. The fourth-order valence-corrected chi connectivity index (χ4v) is 3.87. The average molecular weight is 411 g/mol. The minimum atomic E-state index is 0.0457. The van der Waals surface area contributed by atoms with Gasteiger partial charge in [-0.3, -0.25) is 9.59 Å². The first kappa shape index (κ1) is 22.0. The molecule has 4 N–H and O–H groups in total. The van der Waals surface area contributed by atoms with Crippen molar-refractivity contribution >= 4 is 23.2 Å². The molecule has 2 aromatic rings. The number of hydrogen-bond acceptors (Lipinski definition) is 2. The van der Waals surface area contributed by atoms with Gasteiger partial charge in [0, 0.05) is 11.4 Å². The van der Waals surface area contributed by atoms with Crippen LogP contribution in [0.5, 0.6) is 0 Å². The third-order valence-electron chi connectivity index (χ3n) is 6.15. The van der Waals surface area contributed by atoms with Gasteiger partial charge in [-0.1, -0.05) is 18.2 Å². The first-order valence-corrected chi connectivity index (χ1v) is 10.7. The summed E-state index contributed by atoms with van der Waals surface area (Å²) < 4.78 is 0. The highest BCUT2D eigenvalue weighted by Crippen LogP contribution is 2.17. The zero-order chi connectivity index (χ0) is 21.7. The highest BCUT2D eigenvalue weighted by molar-refractivity contribution is 5.92. The molecule has 1 aliphatic rings. The van der Waals surface area contributed by atoms with Crippen LogP contribution in [0.3, 0.4) is 0 Å². The van der Waals surface area contributed by atoms with Crippen LogP contribution in [0.1, 0.15) is 22.3 Å². The number of quaternary nitrogens is 2. The van der Waals surface area contributed by atoms with Gasteiger partial charge in [-0.15, -0.1) is 0 Å². The minimum absolute atomic E-state index is 0.0457. The Balaban J connectivity index is 1.42. The monoisotopic (exact) mass is 410 g/mol. The van der Waals surface area contributed by atoms with Crippen LogP contribution in [0.4, 0.5) is 11.4 Å². The summed E-state index contributed by atoms with van der Waals surface area (Å²) >= 11 is 0. The first-order chi connectivity index (χ1) is 14.3. The lowest BCUT2D eigenvalue weighted by Gasteiger charge is -2.29. The maximum absolute atomic E-state index is 12.5. The largest absolute Gasteiger partial charge is 0.321 e. The zero-order valence-electron chi connectivity index (χ0n) is 18.5. The normalized spacial score (nSPS) is 18.7. The van der Waals surface area contributed by atoms with E-state index in [9.17, 15) is 9.59 Å². The lowest BCUT2D eigenvalue weighted by atomic mass is 10.1. The van der Waals surface area contributed by atoms with Gasteiger partial charge in [0.2, 0.25) is 0 Å². The standard InChI is InChI=1S/C24H32N4O2/c1-17-8-9-21(14-19(17)3)25-23(29)15-27-10-12-28(13-11-27)16-24(30)26-22-7-5-6-18(2)20(22)4/h5-9,14H,10-13,15-16H2,1-4H3,(H,25,29)(H,26,30)/p+2. The van der Waals surface area contributed by atoms with E-state index in [4.69, 9.17) is 0 Å². The molecule has 2 aromatic carbocycles. The number of carbonyl (C=O) groups is 2. The van der Waals surface area contributed by atoms with Crippen LogP contribution in [-0.4, -0.2) is 51.1 Å². The number of nitrogens with one attached hydrogen (secondary N) is 4. The molecule has 1 heterocycles. The maximum atomic E-state index is 12.5. The molecule has 30 heavy (non-hydrogen) atoms. The third kappa shape index (κ3) is 5.90. The van der Waals surface area contributed by atoms with Crippen molar-refractivity contribution in [3.05, 3.63) is 58.7 Å². The molecule has 160 valence electrons. The minimum Gasteiger partial charge on any atom is -0.321 e. The van der Waals surface area contributed by atoms with Crippen molar-refractivity contribution in [2.75, 3.05) is 49.9 Å². The molecule has 1 aliphatic heterocycles. The van der Waals surface area contributed by atoms with Crippen LogP contribution in [0.25, 0.3) is 0 Å². The Bertz CT molecular complexity index is 917. The van der Waals surface area contributed by atoms with Crippen molar-refractivity contribution in [2.24, 2.45) is 0 Å². The molecule has 2 amide bonds. The van der Waals surface area contributed by atoms with Crippen LogP contribution >= 0.6 is 0 Å². The summed E-state index contributed by atoms with van der Waals surface area (Å²) in [6.45, 7) is 12.7. The van der Waals surface area contributed by atoms with Crippen LogP contribution in [-0.2, 0) is 9.59 Å². The van der Waals surface area contributed by atoms with Gasteiger partial charge < -0.3 is 20.4 Å². The van der Waals surface area contributed by atoms with E-state index in [1.54, 1.807) is 0 Å². The number of anilines is 2. The topological polar surface area (TPSA) is 67.1 Å². The van der Waals surface area contributed by atoms with Crippen LogP contribution in [0.2, 0.25) is 0 Å². The van der Waals surface area contributed by atoms with Crippen molar-refractivity contribution in [1.82, 2.24) is 0 Å². The number of carbonyl (C=O) groups excluding carboxylic acids is 2. The molecule has 3 rings (SSSR count).